The standard InChI is InChI=1S/C17H21N3O3/c1-2-23-17(22)19-11-8-13(9-12-19)18-16(21)15-7-6-14-5-3-4-10-20(14)15/h3-7,10,13H,2,8-9,11-12H2,1H3,(H,18,21). The van der Waals surface area contributed by atoms with Crippen LogP contribution in [0.5, 0.6) is 0 Å². The minimum Gasteiger partial charge on any atom is -0.450 e. The van der Waals surface area contributed by atoms with E-state index >= 15 is 0 Å². The molecule has 1 aliphatic rings. The van der Waals surface area contributed by atoms with Crippen LogP contribution in [0, 0.1) is 0 Å². The largest absolute Gasteiger partial charge is 0.450 e. The van der Waals surface area contributed by atoms with Gasteiger partial charge in [-0.25, -0.2) is 4.79 Å². The van der Waals surface area contributed by atoms with Crippen LogP contribution in [0.25, 0.3) is 5.52 Å². The average Bonchev–Trinajstić information content (AvgIpc) is 3.00. The van der Waals surface area contributed by atoms with Crippen LogP contribution in [0.3, 0.4) is 0 Å². The minimum absolute atomic E-state index is 0.0780. The van der Waals surface area contributed by atoms with Gasteiger partial charge in [0.05, 0.1) is 6.61 Å². The molecule has 6 nitrogen and oxygen atoms in total. The van der Waals surface area contributed by atoms with Crippen molar-refractivity contribution in [1.29, 1.82) is 0 Å². The summed E-state index contributed by atoms with van der Waals surface area (Å²) in [4.78, 5) is 25.8. The number of rotatable bonds is 3. The Hall–Kier alpha value is -2.50. The van der Waals surface area contributed by atoms with Crippen LogP contribution in [-0.2, 0) is 4.74 Å². The molecule has 0 atom stereocenters. The van der Waals surface area contributed by atoms with E-state index in [2.05, 4.69) is 5.32 Å². The van der Waals surface area contributed by atoms with Gasteiger partial charge in [-0.1, -0.05) is 6.07 Å². The molecule has 3 heterocycles. The molecular weight excluding hydrogens is 294 g/mol. The van der Waals surface area contributed by atoms with Gasteiger partial charge in [0.25, 0.3) is 5.91 Å². The lowest BCUT2D eigenvalue weighted by Gasteiger charge is -2.31. The summed E-state index contributed by atoms with van der Waals surface area (Å²) in [5, 5.41) is 3.07. The minimum atomic E-state index is -0.269. The Labute approximate surface area is 135 Å². The predicted molar refractivity (Wildman–Crippen MR) is 86.5 cm³/mol. The lowest BCUT2D eigenvalue weighted by Crippen LogP contribution is -2.46. The highest BCUT2D eigenvalue weighted by atomic mass is 16.6. The van der Waals surface area contributed by atoms with Crippen LogP contribution in [0.2, 0.25) is 0 Å². The number of fused-ring (bicyclic) bond motifs is 1. The Morgan fingerprint density at radius 3 is 2.74 bits per heavy atom. The zero-order valence-electron chi connectivity index (χ0n) is 13.2. The summed E-state index contributed by atoms with van der Waals surface area (Å²) >= 11 is 0. The molecule has 1 fully saturated rings. The third-order valence-electron chi connectivity index (χ3n) is 4.15. The predicted octanol–water partition coefficient (Wildman–Crippen LogP) is 2.29. The number of aromatic nitrogens is 1. The van der Waals surface area contributed by atoms with Crippen molar-refractivity contribution < 1.29 is 14.3 Å². The van der Waals surface area contributed by atoms with Gasteiger partial charge in [0.2, 0.25) is 0 Å². The number of ether oxygens (including phenoxy) is 1. The molecule has 23 heavy (non-hydrogen) atoms. The number of amides is 2. The molecule has 1 N–H and O–H groups in total. The van der Waals surface area contributed by atoms with E-state index in [0.717, 1.165) is 18.4 Å². The first-order chi connectivity index (χ1) is 11.2. The highest BCUT2D eigenvalue weighted by Crippen LogP contribution is 2.14. The summed E-state index contributed by atoms with van der Waals surface area (Å²) in [5.41, 5.74) is 1.63. The van der Waals surface area contributed by atoms with Gasteiger partial charge < -0.3 is 19.4 Å². The van der Waals surface area contributed by atoms with E-state index < -0.39 is 0 Å². The molecular formula is C17H21N3O3. The Kier molecular flexibility index (Phi) is 4.50. The zero-order valence-corrected chi connectivity index (χ0v) is 13.2. The molecule has 2 aromatic heterocycles. The first kappa shape index (κ1) is 15.4. The second-order valence-electron chi connectivity index (χ2n) is 5.65. The molecule has 0 radical (unpaired) electrons. The molecule has 6 heteroatoms. The second kappa shape index (κ2) is 6.73. The van der Waals surface area contributed by atoms with Gasteiger partial charge in [-0.3, -0.25) is 4.79 Å². The molecule has 0 unspecified atom stereocenters. The van der Waals surface area contributed by atoms with Crippen molar-refractivity contribution in [3.63, 3.8) is 0 Å². The molecule has 0 spiro atoms. The maximum Gasteiger partial charge on any atom is 0.409 e. The number of piperidine rings is 1. The summed E-state index contributed by atoms with van der Waals surface area (Å²) in [6.45, 7) is 3.40. The zero-order chi connectivity index (χ0) is 16.2. The molecule has 0 aliphatic carbocycles. The van der Waals surface area contributed by atoms with Gasteiger partial charge in [-0.15, -0.1) is 0 Å². The van der Waals surface area contributed by atoms with Crippen molar-refractivity contribution in [2.75, 3.05) is 19.7 Å². The van der Waals surface area contributed by atoms with E-state index in [1.807, 2.05) is 40.9 Å². The molecule has 0 aromatic carbocycles. The van der Waals surface area contributed by atoms with Crippen molar-refractivity contribution in [1.82, 2.24) is 14.6 Å². The van der Waals surface area contributed by atoms with Crippen molar-refractivity contribution in [2.45, 2.75) is 25.8 Å². The monoisotopic (exact) mass is 315 g/mol. The van der Waals surface area contributed by atoms with Crippen molar-refractivity contribution >= 4 is 17.5 Å². The van der Waals surface area contributed by atoms with Gasteiger partial charge in [-0.2, -0.15) is 0 Å². The van der Waals surface area contributed by atoms with Crippen LogP contribution in [-0.4, -0.2) is 47.0 Å². The number of likely N-dealkylation sites (tertiary alicyclic amines) is 1. The summed E-state index contributed by atoms with van der Waals surface area (Å²) in [5.74, 6) is -0.0780. The van der Waals surface area contributed by atoms with Crippen LogP contribution in [0.1, 0.15) is 30.3 Å². The molecule has 1 saturated heterocycles. The van der Waals surface area contributed by atoms with Gasteiger partial charge in [0.15, 0.2) is 0 Å². The fraction of sp³-hybridized carbons (Fsp3) is 0.412. The van der Waals surface area contributed by atoms with Crippen molar-refractivity contribution in [3.05, 3.63) is 42.2 Å². The van der Waals surface area contributed by atoms with Crippen molar-refractivity contribution in [3.8, 4) is 0 Å². The van der Waals surface area contributed by atoms with Gasteiger partial charge in [0, 0.05) is 30.8 Å². The normalized spacial score (nSPS) is 15.6. The molecule has 3 rings (SSSR count). The number of nitrogens with zero attached hydrogens (tertiary/aromatic N) is 2. The average molecular weight is 315 g/mol. The fourth-order valence-electron chi connectivity index (χ4n) is 2.92. The molecule has 0 bridgehead atoms. The first-order valence-electron chi connectivity index (χ1n) is 7.97. The number of pyridine rings is 1. The SMILES string of the molecule is CCOC(=O)N1CCC(NC(=O)c2ccc3ccccn23)CC1. The van der Waals surface area contributed by atoms with Crippen LogP contribution < -0.4 is 5.32 Å². The number of hydrogen-bond acceptors (Lipinski definition) is 3. The number of carbonyl (C=O) groups is 2. The Morgan fingerprint density at radius 1 is 1.22 bits per heavy atom. The molecule has 1 aliphatic heterocycles. The molecule has 2 aromatic rings. The summed E-state index contributed by atoms with van der Waals surface area (Å²) in [6.07, 6.45) is 3.10. The number of nitrogens with one attached hydrogen (secondary N) is 1. The fourth-order valence-corrected chi connectivity index (χ4v) is 2.92. The quantitative estimate of drug-likeness (QED) is 0.945. The Balaban J connectivity index is 1.58. The molecule has 122 valence electrons. The summed E-state index contributed by atoms with van der Waals surface area (Å²) in [7, 11) is 0. The highest BCUT2D eigenvalue weighted by molar-refractivity contribution is 5.94. The Bertz CT molecular complexity index is 702. The van der Waals surface area contributed by atoms with E-state index in [-0.39, 0.29) is 18.0 Å². The second-order valence-corrected chi connectivity index (χ2v) is 5.65. The summed E-state index contributed by atoms with van der Waals surface area (Å²) < 4.78 is 6.88. The Morgan fingerprint density at radius 2 is 2.00 bits per heavy atom. The smallest absolute Gasteiger partial charge is 0.409 e. The number of hydrogen-bond donors (Lipinski definition) is 1. The van der Waals surface area contributed by atoms with E-state index in [4.69, 9.17) is 4.74 Å². The molecule has 2 amide bonds. The third-order valence-corrected chi connectivity index (χ3v) is 4.15. The van der Waals surface area contributed by atoms with Crippen LogP contribution in [0.4, 0.5) is 4.79 Å². The van der Waals surface area contributed by atoms with Crippen LogP contribution in [0.15, 0.2) is 36.5 Å². The highest BCUT2D eigenvalue weighted by Gasteiger charge is 2.25. The van der Waals surface area contributed by atoms with Gasteiger partial charge >= 0.3 is 6.09 Å². The van der Waals surface area contributed by atoms with Gasteiger partial charge in [-0.05, 0) is 44.0 Å². The maximum absolute atomic E-state index is 12.5. The van der Waals surface area contributed by atoms with Crippen LogP contribution >= 0.6 is 0 Å². The summed E-state index contributed by atoms with van der Waals surface area (Å²) in [6, 6.07) is 9.66. The maximum atomic E-state index is 12.5. The van der Waals surface area contributed by atoms with E-state index in [1.54, 1.807) is 11.8 Å². The lowest BCUT2D eigenvalue weighted by atomic mass is 10.1. The lowest BCUT2D eigenvalue weighted by molar-refractivity contribution is 0.0856. The third kappa shape index (κ3) is 3.31. The topological polar surface area (TPSA) is 63.0 Å². The number of carbonyl (C=O) groups excluding carboxylic acids is 2. The van der Waals surface area contributed by atoms with Crippen molar-refractivity contribution in [2.24, 2.45) is 0 Å². The van der Waals surface area contributed by atoms with E-state index in [1.165, 1.54) is 0 Å². The first-order valence-corrected chi connectivity index (χ1v) is 7.97. The van der Waals surface area contributed by atoms with Gasteiger partial charge in [0.1, 0.15) is 5.69 Å². The van der Waals surface area contributed by atoms with E-state index in [9.17, 15) is 9.59 Å². The molecule has 0 saturated carbocycles. The van der Waals surface area contributed by atoms with E-state index in [0.29, 0.717) is 25.4 Å².